The molecule has 0 radical (unpaired) electrons. The molecule has 1 atom stereocenters. The Kier molecular flexibility index (Phi) is 7.25. The molecule has 1 unspecified atom stereocenters. The fraction of sp³-hybridized carbons (Fsp3) is 0.481. The van der Waals surface area contributed by atoms with Gasteiger partial charge in [0.05, 0.1) is 22.9 Å². The zero-order valence-electron chi connectivity index (χ0n) is 20.9. The molecule has 0 bridgehead atoms. The van der Waals surface area contributed by atoms with Crippen LogP contribution in [0.2, 0.25) is 0 Å². The molecule has 3 heterocycles. The lowest BCUT2D eigenvalue weighted by molar-refractivity contribution is 0.0911. The van der Waals surface area contributed by atoms with Gasteiger partial charge >= 0.3 is 6.09 Å². The van der Waals surface area contributed by atoms with Crippen LogP contribution in [0, 0.1) is 18.7 Å². The number of imidazole rings is 1. The van der Waals surface area contributed by atoms with Crippen LogP contribution in [0.4, 0.5) is 9.18 Å². The normalized spacial score (nSPS) is 18.2. The van der Waals surface area contributed by atoms with Gasteiger partial charge in [-0.2, -0.15) is 0 Å². The summed E-state index contributed by atoms with van der Waals surface area (Å²) in [4.78, 5) is 34.0. The average Bonchev–Trinajstić information content (AvgIpc) is 3.50. The van der Waals surface area contributed by atoms with E-state index in [4.69, 9.17) is 4.52 Å². The molecule has 3 N–H and O–H groups in total. The summed E-state index contributed by atoms with van der Waals surface area (Å²) in [6.45, 7) is 2.03. The van der Waals surface area contributed by atoms with E-state index >= 15 is 4.39 Å². The number of H-pyrrole nitrogens is 1. The molecule has 1 aliphatic heterocycles. The van der Waals surface area contributed by atoms with Gasteiger partial charge in [0.25, 0.3) is 5.91 Å². The van der Waals surface area contributed by atoms with E-state index in [1.165, 1.54) is 17.6 Å². The van der Waals surface area contributed by atoms with Crippen molar-refractivity contribution in [2.45, 2.75) is 70.8 Å². The molecule has 9 nitrogen and oxygen atoms in total. The Hall–Kier alpha value is -3.69. The summed E-state index contributed by atoms with van der Waals surface area (Å²) in [5.74, 6) is -0.253. The van der Waals surface area contributed by atoms with Crippen molar-refractivity contribution in [2.24, 2.45) is 5.92 Å². The second-order valence-corrected chi connectivity index (χ2v) is 9.98. The highest BCUT2D eigenvalue weighted by Gasteiger charge is 2.31. The molecule has 196 valence electrons. The molecule has 1 aliphatic carbocycles. The summed E-state index contributed by atoms with van der Waals surface area (Å²) in [7, 11) is 0. The number of aromatic amines is 1. The lowest BCUT2D eigenvalue weighted by Gasteiger charge is -2.28. The molecule has 2 amide bonds. The van der Waals surface area contributed by atoms with Crippen LogP contribution >= 0.6 is 0 Å². The van der Waals surface area contributed by atoms with Gasteiger partial charge in [-0.3, -0.25) is 9.69 Å². The number of nitrogens with one attached hydrogen (secondary N) is 2. The molecule has 2 aliphatic rings. The van der Waals surface area contributed by atoms with Gasteiger partial charge in [0.1, 0.15) is 23.2 Å². The van der Waals surface area contributed by atoms with Gasteiger partial charge in [0, 0.05) is 12.1 Å². The van der Waals surface area contributed by atoms with Crippen LogP contribution in [-0.2, 0) is 0 Å². The summed E-state index contributed by atoms with van der Waals surface area (Å²) in [5, 5.41) is 16.5. The number of aromatic nitrogens is 3. The Bertz CT molecular complexity index is 1320. The fourth-order valence-electron chi connectivity index (χ4n) is 5.54. The fourth-order valence-corrected chi connectivity index (χ4v) is 5.54. The molecule has 10 heteroatoms. The van der Waals surface area contributed by atoms with E-state index in [-0.39, 0.29) is 22.9 Å². The Balaban J connectivity index is 1.52. The third-order valence-corrected chi connectivity index (χ3v) is 7.53. The smallest absolute Gasteiger partial charge is 0.411 e. The topological polar surface area (TPSA) is 124 Å². The summed E-state index contributed by atoms with van der Waals surface area (Å²) in [6, 6.07) is 2.87. The molecule has 0 saturated heterocycles. The minimum Gasteiger partial charge on any atom is -0.465 e. The Labute approximate surface area is 214 Å². The maximum atomic E-state index is 15.8. The zero-order valence-corrected chi connectivity index (χ0v) is 20.9. The van der Waals surface area contributed by atoms with Gasteiger partial charge in [-0.25, -0.2) is 14.2 Å². The molecular weight excluding hydrogens is 477 g/mol. The monoisotopic (exact) mass is 509 g/mol. The van der Waals surface area contributed by atoms with Crippen molar-refractivity contribution in [3.63, 3.8) is 0 Å². The molecule has 5 rings (SSSR count). The van der Waals surface area contributed by atoms with E-state index in [0.717, 1.165) is 38.5 Å². The van der Waals surface area contributed by atoms with Gasteiger partial charge in [-0.15, -0.1) is 0 Å². The third kappa shape index (κ3) is 5.10. The molecule has 0 spiro atoms. The number of allylic oxidation sites excluding steroid dienone is 1. The van der Waals surface area contributed by atoms with Crippen LogP contribution in [0.3, 0.4) is 0 Å². The number of nitrogens with zero attached hydrogens (tertiary/aromatic N) is 3. The van der Waals surface area contributed by atoms with Gasteiger partial charge in [-0.1, -0.05) is 43.3 Å². The van der Waals surface area contributed by atoms with E-state index in [1.54, 1.807) is 25.1 Å². The lowest BCUT2D eigenvalue weighted by atomic mass is 9.85. The number of rotatable bonds is 5. The predicted octanol–water partition coefficient (Wildman–Crippen LogP) is 5.94. The van der Waals surface area contributed by atoms with E-state index in [9.17, 15) is 14.7 Å². The van der Waals surface area contributed by atoms with Crippen molar-refractivity contribution in [3.05, 3.63) is 52.9 Å². The summed E-state index contributed by atoms with van der Waals surface area (Å²) < 4.78 is 20.8. The van der Waals surface area contributed by atoms with E-state index in [1.807, 2.05) is 0 Å². The lowest BCUT2D eigenvalue weighted by Crippen LogP contribution is -2.35. The number of aryl methyl sites for hydroxylation is 1. The molecule has 1 aromatic carbocycles. The highest BCUT2D eigenvalue weighted by atomic mass is 19.1. The van der Waals surface area contributed by atoms with Crippen LogP contribution in [-0.4, -0.2) is 43.7 Å². The predicted molar refractivity (Wildman–Crippen MR) is 135 cm³/mol. The van der Waals surface area contributed by atoms with Crippen molar-refractivity contribution in [1.82, 2.24) is 25.3 Å². The average molecular weight is 510 g/mol. The van der Waals surface area contributed by atoms with Crippen LogP contribution in [0.25, 0.3) is 16.7 Å². The van der Waals surface area contributed by atoms with E-state index in [0.29, 0.717) is 47.7 Å². The molecule has 1 saturated carbocycles. The molecular formula is C27H32FN5O4. The van der Waals surface area contributed by atoms with E-state index < -0.39 is 18.0 Å². The van der Waals surface area contributed by atoms with Crippen molar-refractivity contribution in [3.8, 4) is 0 Å². The first kappa shape index (κ1) is 25.0. The first-order chi connectivity index (χ1) is 17.9. The number of hydrogen-bond acceptors (Lipinski definition) is 5. The second kappa shape index (κ2) is 10.7. The summed E-state index contributed by atoms with van der Waals surface area (Å²) in [6.07, 6.45) is 10.8. The molecule has 3 aromatic rings. The Morgan fingerprint density at radius 2 is 1.95 bits per heavy atom. The molecule has 1 fully saturated rings. The number of carbonyl (C=O) groups excluding carboxylic acids is 1. The van der Waals surface area contributed by atoms with Crippen LogP contribution in [0.5, 0.6) is 0 Å². The number of fused-ring (bicyclic) bond motifs is 1. The highest BCUT2D eigenvalue weighted by molar-refractivity contribution is 5.95. The van der Waals surface area contributed by atoms with Crippen molar-refractivity contribution < 1.29 is 23.6 Å². The Morgan fingerprint density at radius 3 is 2.65 bits per heavy atom. The quantitative estimate of drug-likeness (QED) is 0.391. The number of hydrogen-bond donors (Lipinski definition) is 3. The number of carbonyl (C=O) groups is 2. The SMILES string of the molecule is Cc1nocc1C(=O)NC(c1nc2c(F)c(C3=CCCCN3C(=O)O)ccc2[nH]1)C1CCCCCCC1. The minimum atomic E-state index is -1.11. The van der Waals surface area contributed by atoms with Gasteiger partial charge in [0.15, 0.2) is 5.82 Å². The number of carboxylic acid groups (broad SMARTS) is 1. The van der Waals surface area contributed by atoms with Crippen LogP contribution in [0.1, 0.15) is 91.3 Å². The van der Waals surface area contributed by atoms with Crippen molar-refractivity contribution in [2.75, 3.05) is 6.54 Å². The first-order valence-corrected chi connectivity index (χ1v) is 13.0. The zero-order chi connectivity index (χ0) is 25.9. The summed E-state index contributed by atoms with van der Waals surface area (Å²) >= 11 is 0. The number of halogens is 1. The molecule has 2 aromatic heterocycles. The standard InChI is InChI=1S/C27H32FN5O4/c1-16-19(15-37-32-16)26(34)31-23(17-9-5-3-2-4-6-10-17)25-29-20-13-12-18(22(28)24(20)30-25)21-11-7-8-14-33(21)27(35)36/h11-13,15,17,23H,2-10,14H2,1H3,(H,29,30)(H,31,34)(H,35,36). The third-order valence-electron chi connectivity index (χ3n) is 7.53. The molecule has 37 heavy (non-hydrogen) atoms. The maximum Gasteiger partial charge on any atom is 0.411 e. The first-order valence-electron chi connectivity index (χ1n) is 13.0. The van der Waals surface area contributed by atoms with Gasteiger partial charge in [-0.05, 0) is 50.7 Å². The summed E-state index contributed by atoms with van der Waals surface area (Å²) in [5.41, 5.74) is 2.04. The van der Waals surface area contributed by atoms with Gasteiger partial charge < -0.3 is 19.9 Å². The van der Waals surface area contributed by atoms with Gasteiger partial charge in [0.2, 0.25) is 0 Å². The van der Waals surface area contributed by atoms with Crippen LogP contribution in [0.15, 0.2) is 29.0 Å². The highest BCUT2D eigenvalue weighted by Crippen LogP contribution is 2.35. The second-order valence-electron chi connectivity index (χ2n) is 9.98. The Morgan fingerprint density at radius 1 is 1.19 bits per heavy atom. The largest absolute Gasteiger partial charge is 0.465 e. The van der Waals surface area contributed by atoms with Crippen molar-refractivity contribution >= 4 is 28.7 Å². The van der Waals surface area contributed by atoms with Crippen LogP contribution < -0.4 is 5.32 Å². The van der Waals surface area contributed by atoms with Crippen molar-refractivity contribution in [1.29, 1.82) is 0 Å². The number of benzene rings is 1. The minimum absolute atomic E-state index is 0.135. The number of amides is 2. The van der Waals surface area contributed by atoms with E-state index in [2.05, 4.69) is 20.4 Å². The maximum absolute atomic E-state index is 15.8.